The molecule has 0 aliphatic carbocycles. The molecule has 1 aliphatic rings. The molecule has 0 saturated heterocycles. The van der Waals surface area contributed by atoms with E-state index in [0.29, 0.717) is 17.7 Å². The summed E-state index contributed by atoms with van der Waals surface area (Å²) in [6.07, 6.45) is 1.29. The second-order valence-electron chi connectivity index (χ2n) is 4.72. The highest BCUT2D eigenvalue weighted by Gasteiger charge is 2.37. The van der Waals surface area contributed by atoms with E-state index in [1.165, 1.54) is 6.07 Å². The molecular weight excluding hydrogens is 238 g/mol. The molecule has 7 nitrogen and oxygen atoms in total. The van der Waals surface area contributed by atoms with Gasteiger partial charge in [-0.1, -0.05) is 6.92 Å². The van der Waals surface area contributed by atoms with E-state index in [-0.39, 0.29) is 16.9 Å². The average Bonchev–Trinajstić information content (AvgIpc) is 2.64. The van der Waals surface area contributed by atoms with E-state index >= 15 is 0 Å². The molecule has 0 saturated carbocycles. The van der Waals surface area contributed by atoms with Gasteiger partial charge >= 0.3 is 0 Å². The van der Waals surface area contributed by atoms with Gasteiger partial charge in [-0.3, -0.25) is 20.2 Å². The zero-order valence-electron chi connectivity index (χ0n) is 10.1. The molecule has 1 heterocycles. The van der Waals surface area contributed by atoms with Crippen molar-refractivity contribution in [3.63, 3.8) is 0 Å². The zero-order chi connectivity index (χ0) is 13.5. The molecule has 0 aromatic heterocycles. The van der Waals surface area contributed by atoms with Gasteiger partial charge in [-0.15, -0.1) is 0 Å². The molecule has 7 heteroatoms. The van der Waals surface area contributed by atoms with E-state index in [1.54, 1.807) is 0 Å². The van der Waals surface area contributed by atoms with Crippen LogP contribution in [0.15, 0.2) is 12.1 Å². The Morgan fingerprint density at radius 1 is 1.33 bits per heavy atom. The Labute approximate surface area is 103 Å². The van der Waals surface area contributed by atoms with Crippen LogP contribution in [0.2, 0.25) is 0 Å². The summed E-state index contributed by atoms with van der Waals surface area (Å²) >= 11 is 0. The number of benzene rings is 1. The molecule has 0 bridgehead atoms. The van der Waals surface area contributed by atoms with Gasteiger partial charge in [-0.2, -0.15) is 0 Å². The van der Waals surface area contributed by atoms with Gasteiger partial charge in [0.1, 0.15) is 0 Å². The lowest BCUT2D eigenvalue weighted by Crippen LogP contribution is -2.30. The summed E-state index contributed by atoms with van der Waals surface area (Å²) in [5.74, 6) is 0. The summed E-state index contributed by atoms with van der Waals surface area (Å²) in [5, 5.41) is 24.9. The number of nitrogens with one attached hydrogen (secondary N) is 1. The van der Waals surface area contributed by atoms with Gasteiger partial charge in [0.25, 0.3) is 11.4 Å². The number of rotatable bonds is 3. The fraction of sp³-hybridized carbons (Fsp3) is 0.455. The number of hydrogen-bond acceptors (Lipinski definition) is 5. The van der Waals surface area contributed by atoms with Gasteiger partial charge in [0.15, 0.2) is 0 Å². The predicted molar refractivity (Wildman–Crippen MR) is 65.8 cm³/mol. The maximum absolute atomic E-state index is 11.0. The summed E-state index contributed by atoms with van der Waals surface area (Å²) in [5.41, 5.74) is 0.342. The molecule has 1 aromatic carbocycles. The highest BCUT2D eigenvalue weighted by atomic mass is 16.6. The predicted octanol–water partition coefficient (Wildman–Crippen LogP) is 2.64. The number of nitrogens with zero attached hydrogens (tertiary/aromatic N) is 2. The number of hydrogen-bond donors (Lipinski definition) is 1. The van der Waals surface area contributed by atoms with Crippen LogP contribution in [0.25, 0.3) is 0 Å². The first-order valence-electron chi connectivity index (χ1n) is 5.60. The van der Waals surface area contributed by atoms with E-state index in [4.69, 9.17) is 0 Å². The quantitative estimate of drug-likeness (QED) is 0.657. The minimum atomic E-state index is -0.615. The number of nitro benzene ring substituents is 2. The Kier molecular flexibility index (Phi) is 2.68. The van der Waals surface area contributed by atoms with E-state index in [2.05, 4.69) is 5.32 Å². The van der Waals surface area contributed by atoms with E-state index in [1.807, 2.05) is 13.8 Å². The van der Waals surface area contributed by atoms with Crippen LogP contribution in [-0.2, 0) is 6.42 Å². The second-order valence-corrected chi connectivity index (χ2v) is 4.72. The number of anilines is 1. The van der Waals surface area contributed by atoms with Crippen molar-refractivity contribution in [3.8, 4) is 0 Å². The normalized spacial score (nSPS) is 21.2. The van der Waals surface area contributed by atoms with Crippen LogP contribution >= 0.6 is 0 Å². The molecule has 1 aromatic rings. The molecule has 0 amide bonds. The lowest BCUT2D eigenvalue weighted by atomic mass is 9.94. The largest absolute Gasteiger partial charge is 0.379 e. The first-order chi connectivity index (χ1) is 8.36. The van der Waals surface area contributed by atoms with Crippen LogP contribution in [0.5, 0.6) is 0 Å². The smallest absolute Gasteiger partial charge is 0.281 e. The Hall–Kier alpha value is -2.18. The third-order valence-electron chi connectivity index (χ3n) is 3.40. The lowest BCUT2D eigenvalue weighted by molar-refractivity contribution is -0.394. The minimum Gasteiger partial charge on any atom is -0.379 e. The number of fused-ring (bicyclic) bond motifs is 1. The van der Waals surface area contributed by atoms with Crippen LogP contribution in [0, 0.1) is 20.2 Å². The fourth-order valence-electron chi connectivity index (χ4n) is 2.18. The highest BCUT2D eigenvalue weighted by Crippen LogP contribution is 2.41. The van der Waals surface area contributed by atoms with Crippen LogP contribution in [0.3, 0.4) is 0 Å². The Morgan fingerprint density at radius 3 is 2.50 bits per heavy atom. The zero-order valence-corrected chi connectivity index (χ0v) is 10.1. The maximum atomic E-state index is 11.0. The summed E-state index contributed by atoms with van der Waals surface area (Å²) in [6.45, 7) is 3.92. The van der Waals surface area contributed by atoms with E-state index in [0.717, 1.165) is 12.5 Å². The maximum Gasteiger partial charge on any atom is 0.281 e. The monoisotopic (exact) mass is 251 g/mol. The van der Waals surface area contributed by atoms with Crippen molar-refractivity contribution in [2.24, 2.45) is 0 Å². The molecule has 0 fully saturated rings. The van der Waals surface area contributed by atoms with Crippen molar-refractivity contribution in [3.05, 3.63) is 37.9 Å². The van der Waals surface area contributed by atoms with Crippen molar-refractivity contribution in [2.45, 2.75) is 32.2 Å². The standard InChI is InChI=1S/C11H13N3O4/c1-3-11(2)6-8-9(12-11)4-7(13(15)16)5-10(8)14(17)18/h4-5,12H,3,6H2,1-2H3. The molecule has 2 rings (SSSR count). The average molecular weight is 251 g/mol. The van der Waals surface area contributed by atoms with Gasteiger partial charge in [0.2, 0.25) is 0 Å². The molecular formula is C11H13N3O4. The van der Waals surface area contributed by atoms with Crippen LogP contribution < -0.4 is 5.32 Å². The summed E-state index contributed by atoms with van der Waals surface area (Å²) < 4.78 is 0. The lowest BCUT2D eigenvalue weighted by Gasteiger charge is -2.22. The van der Waals surface area contributed by atoms with Crippen molar-refractivity contribution >= 4 is 17.1 Å². The molecule has 1 N–H and O–H groups in total. The van der Waals surface area contributed by atoms with Crippen molar-refractivity contribution in [1.82, 2.24) is 0 Å². The molecule has 1 aliphatic heterocycles. The first kappa shape index (κ1) is 12.3. The van der Waals surface area contributed by atoms with Gasteiger partial charge in [-0.25, -0.2) is 0 Å². The van der Waals surface area contributed by atoms with Crippen LogP contribution in [-0.4, -0.2) is 15.4 Å². The second kappa shape index (κ2) is 3.94. The van der Waals surface area contributed by atoms with Gasteiger partial charge in [-0.05, 0) is 13.3 Å². The van der Waals surface area contributed by atoms with Crippen molar-refractivity contribution in [1.29, 1.82) is 0 Å². The molecule has 0 spiro atoms. The summed E-state index contributed by atoms with van der Waals surface area (Å²) in [6, 6.07) is 2.39. The minimum absolute atomic E-state index is 0.177. The van der Waals surface area contributed by atoms with Gasteiger partial charge < -0.3 is 5.32 Å². The molecule has 0 radical (unpaired) electrons. The van der Waals surface area contributed by atoms with Gasteiger partial charge in [0, 0.05) is 18.0 Å². The van der Waals surface area contributed by atoms with E-state index in [9.17, 15) is 20.2 Å². The third kappa shape index (κ3) is 1.87. The number of non-ortho nitro benzene ring substituents is 1. The fourth-order valence-corrected chi connectivity index (χ4v) is 2.18. The SMILES string of the molecule is CCC1(C)Cc2c(cc([N+](=O)[O-])cc2[N+](=O)[O-])N1. The molecule has 1 unspecified atom stereocenters. The van der Waals surface area contributed by atoms with Crippen LogP contribution in [0.4, 0.5) is 17.1 Å². The Morgan fingerprint density at radius 2 is 2.00 bits per heavy atom. The van der Waals surface area contributed by atoms with E-state index < -0.39 is 9.85 Å². The summed E-state index contributed by atoms with van der Waals surface area (Å²) in [7, 11) is 0. The topological polar surface area (TPSA) is 98.3 Å². The third-order valence-corrected chi connectivity index (χ3v) is 3.40. The van der Waals surface area contributed by atoms with Crippen molar-refractivity contribution in [2.75, 3.05) is 5.32 Å². The van der Waals surface area contributed by atoms with Crippen molar-refractivity contribution < 1.29 is 9.85 Å². The number of nitro groups is 2. The summed E-state index contributed by atoms with van der Waals surface area (Å²) in [4.78, 5) is 20.6. The highest BCUT2D eigenvalue weighted by molar-refractivity contribution is 5.70. The molecule has 96 valence electrons. The molecule has 1 atom stereocenters. The molecule has 18 heavy (non-hydrogen) atoms. The Balaban J connectivity index is 2.58. The van der Waals surface area contributed by atoms with Crippen LogP contribution in [0.1, 0.15) is 25.8 Å². The Bertz CT molecular complexity index is 543. The van der Waals surface area contributed by atoms with Gasteiger partial charge in [0.05, 0.1) is 27.2 Å². The first-order valence-corrected chi connectivity index (χ1v) is 5.60.